The lowest BCUT2D eigenvalue weighted by atomic mass is 9.95. The first kappa shape index (κ1) is 25.6. The van der Waals surface area contributed by atoms with Crippen molar-refractivity contribution in [2.45, 2.75) is 77.2 Å². The van der Waals surface area contributed by atoms with Crippen molar-refractivity contribution in [1.29, 1.82) is 0 Å². The maximum absolute atomic E-state index is 11.9. The van der Waals surface area contributed by atoms with Gasteiger partial charge in [0.2, 0.25) is 0 Å². The van der Waals surface area contributed by atoms with Gasteiger partial charge in [0.1, 0.15) is 5.69 Å². The molecule has 0 bridgehead atoms. The molecule has 0 amide bonds. The smallest absolute Gasteiger partial charge is 0.303 e. The van der Waals surface area contributed by atoms with Gasteiger partial charge in [-0.25, -0.2) is 4.98 Å². The van der Waals surface area contributed by atoms with E-state index in [1.165, 1.54) is 30.5 Å². The highest BCUT2D eigenvalue weighted by Gasteiger charge is 2.28. The number of carbonyl (C=O) groups excluding carboxylic acids is 1. The molecule has 2 aliphatic heterocycles. The van der Waals surface area contributed by atoms with Gasteiger partial charge in [0, 0.05) is 43.6 Å². The van der Waals surface area contributed by atoms with E-state index in [1.807, 2.05) is 25.3 Å². The van der Waals surface area contributed by atoms with Crippen LogP contribution in [0.25, 0.3) is 16.6 Å². The largest absolute Gasteiger partial charge is 0.481 e. The minimum atomic E-state index is -0.784. The van der Waals surface area contributed by atoms with Gasteiger partial charge in [-0.05, 0) is 56.4 Å². The number of aromatic amines is 1. The number of aromatic nitrogens is 2. The molecular formula is C26H35N3O5. The first-order valence-electron chi connectivity index (χ1n) is 12.3. The van der Waals surface area contributed by atoms with Crippen molar-refractivity contribution in [1.82, 2.24) is 14.9 Å². The van der Waals surface area contributed by atoms with Gasteiger partial charge >= 0.3 is 11.9 Å². The molecule has 8 nitrogen and oxygen atoms in total. The summed E-state index contributed by atoms with van der Waals surface area (Å²) in [6.07, 6.45) is 11.9. The van der Waals surface area contributed by atoms with Gasteiger partial charge < -0.3 is 15.2 Å². The standard InChI is InChI=1S/C18H21N3O.C8H14O4/c1-2-17(22)15-5-6-16-18(20-15)14(11-19-16)12-7-9-21-8-3-4-13(21)10-12;9-7(10)5-3-1-2-4-6-8(11)12/h5-7,11,13,19H,2-4,8-10H2,1H3;1-6H2,(H,9,10)(H,11,12). The van der Waals surface area contributed by atoms with E-state index in [9.17, 15) is 14.4 Å². The quantitative estimate of drug-likeness (QED) is 0.334. The SMILES string of the molecule is CCC(=O)c1ccc2[nH]cc(C3=CCN4CCCC4C3)c2n1.O=C(O)CCCCCCC(=O)O. The van der Waals surface area contributed by atoms with Crippen LogP contribution >= 0.6 is 0 Å². The fourth-order valence-corrected chi connectivity index (χ4v) is 4.64. The highest BCUT2D eigenvalue weighted by atomic mass is 16.4. The number of aliphatic carboxylic acids is 2. The van der Waals surface area contributed by atoms with Gasteiger partial charge in [0.15, 0.2) is 5.78 Å². The molecule has 3 N–H and O–H groups in total. The van der Waals surface area contributed by atoms with E-state index in [4.69, 9.17) is 10.2 Å². The van der Waals surface area contributed by atoms with Crippen molar-refractivity contribution in [3.63, 3.8) is 0 Å². The molecule has 0 aliphatic carbocycles. The molecule has 0 radical (unpaired) electrons. The fourth-order valence-electron chi connectivity index (χ4n) is 4.64. The van der Waals surface area contributed by atoms with Crippen molar-refractivity contribution in [3.8, 4) is 0 Å². The first-order valence-corrected chi connectivity index (χ1v) is 12.3. The van der Waals surface area contributed by atoms with E-state index in [1.54, 1.807) is 0 Å². The van der Waals surface area contributed by atoms with E-state index in [0.29, 0.717) is 31.0 Å². The molecule has 8 heteroatoms. The summed E-state index contributed by atoms with van der Waals surface area (Å²) in [5.74, 6) is -1.46. The lowest BCUT2D eigenvalue weighted by Gasteiger charge is -2.28. The number of carboxylic acids is 2. The third-order valence-corrected chi connectivity index (χ3v) is 6.53. The number of nitrogens with zero attached hydrogens (tertiary/aromatic N) is 2. The molecular weight excluding hydrogens is 434 g/mol. The molecule has 4 rings (SSSR count). The number of fused-ring (bicyclic) bond motifs is 2. The Hall–Kier alpha value is -3.00. The number of carbonyl (C=O) groups is 3. The number of rotatable bonds is 10. The minimum Gasteiger partial charge on any atom is -0.481 e. The maximum atomic E-state index is 11.9. The van der Waals surface area contributed by atoms with E-state index >= 15 is 0 Å². The third kappa shape index (κ3) is 7.00. The summed E-state index contributed by atoms with van der Waals surface area (Å²) in [6.45, 7) is 4.15. The Labute approximate surface area is 200 Å². The Bertz CT molecular complexity index is 1020. The normalized spacial score (nSPS) is 17.6. The maximum Gasteiger partial charge on any atom is 0.303 e. The molecule has 1 unspecified atom stereocenters. The van der Waals surface area contributed by atoms with E-state index in [0.717, 1.165) is 36.8 Å². The molecule has 0 saturated carbocycles. The Morgan fingerprint density at radius 2 is 1.79 bits per heavy atom. The number of hydrogen-bond acceptors (Lipinski definition) is 5. The van der Waals surface area contributed by atoms with E-state index in [2.05, 4.69) is 20.9 Å². The molecule has 2 aliphatic rings. The molecule has 2 aromatic heterocycles. The topological polar surface area (TPSA) is 124 Å². The van der Waals surface area contributed by atoms with Crippen LogP contribution in [0.2, 0.25) is 0 Å². The minimum absolute atomic E-state index is 0.105. The van der Waals surface area contributed by atoms with Crippen LogP contribution in [-0.4, -0.2) is 61.9 Å². The van der Waals surface area contributed by atoms with Crippen molar-refractivity contribution in [2.75, 3.05) is 13.1 Å². The van der Waals surface area contributed by atoms with Crippen LogP contribution in [0, 0.1) is 0 Å². The molecule has 184 valence electrons. The predicted molar refractivity (Wildman–Crippen MR) is 131 cm³/mol. The number of nitrogens with one attached hydrogen (secondary N) is 1. The third-order valence-electron chi connectivity index (χ3n) is 6.53. The van der Waals surface area contributed by atoms with Crippen molar-refractivity contribution >= 4 is 34.3 Å². The molecule has 1 atom stereocenters. The zero-order chi connectivity index (χ0) is 24.5. The molecule has 4 heterocycles. The van der Waals surface area contributed by atoms with Gasteiger partial charge in [0.25, 0.3) is 0 Å². The molecule has 0 aromatic carbocycles. The predicted octanol–water partition coefficient (Wildman–Crippen LogP) is 4.90. The van der Waals surface area contributed by atoms with E-state index in [-0.39, 0.29) is 18.6 Å². The van der Waals surface area contributed by atoms with Crippen LogP contribution in [0.4, 0.5) is 0 Å². The summed E-state index contributed by atoms with van der Waals surface area (Å²) in [6, 6.07) is 4.48. The van der Waals surface area contributed by atoms with Gasteiger partial charge in [-0.3, -0.25) is 19.3 Å². The zero-order valence-electron chi connectivity index (χ0n) is 19.9. The fraction of sp³-hybridized carbons (Fsp3) is 0.538. The molecule has 2 aromatic rings. The van der Waals surface area contributed by atoms with E-state index < -0.39 is 11.9 Å². The Kier molecular flexibility index (Phi) is 9.39. The van der Waals surface area contributed by atoms with Crippen molar-refractivity contribution < 1.29 is 24.6 Å². The molecule has 34 heavy (non-hydrogen) atoms. The second-order valence-corrected chi connectivity index (χ2v) is 9.00. The summed E-state index contributed by atoms with van der Waals surface area (Å²) in [7, 11) is 0. The number of hydrogen-bond donors (Lipinski definition) is 3. The average Bonchev–Trinajstić information content (AvgIpc) is 3.46. The lowest BCUT2D eigenvalue weighted by Crippen LogP contribution is -2.32. The number of pyridine rings is 1. The van der Waals surface area contributed by atoms with Crippen LogP contribution in [0.3, 0.4) is 0 Å². The highest BCUT2D eigenvalue weighted by molar-refractivity contribution is 5.98. The van der Waals surface area contributed by atoms with Crippen LogP contribution in [-0.2, 0) is 9.59 Å². The van der Waals surface area contributed by atoms with Gasteiger partial charge in [-0.1, -0.05) is 25.8 Å². The number of carboxylic acid groups (broad SMARTS) is 2. The summed E-state index contributed by atoms with van der Waals surface area (Å²) in [5, 5.41) is 16.5. The van der Waals surface area contributed by atoms with Gasteiger partial charge in [-0.2, -0.15) is 0 Å². The number of Topliss-reactive ketones (excluding diaryl/α,β-unsaturated/α-hetero) is 1. The second-order valence-electron chi connectivity index (χ2n) is 9.00. The summed E-state index contributed by atoms with van der Waals surface area (Å²) < 4.78 is 0. The number of H-pyrrole nitrogens is 1. The van der Waals surface area contributed by atoms with Crippen LogP contribution in [0.15, 0.2) is 24.4 Å². The zero-order valence-corrected chi connectivity index (χ0v) is 19.9. The molecule has 0 spiro atoms. The highest BCUT2D eigenvalue weighted by Crippen LogP contribution is 2.34. The van der Waals surface area contributed by atoms with Crippen LogP contribution in [0.1, 0.15) is 87.2 Å². The van der Waals surface area contributed by atoms with Crippen molar-refractivity contribution in [3.05, 3.63) is 35.7 Å². The molecule has 1 fully saturated rings. The summed E-state index contributed by atoms with van der Waals surface area (Å²) in [5.41, 5.74) is 5.08. The summed E-state index contributed by atoms with van der Waals surface area (Å²) >= 11 is 0. The van der Waals surface area contributed by atoms with Crippen molar-refractivity contribution in [2.24, 2.45) is 0 Å². The Balaban J connectivity index is 0.000000232. The monoisotopic (exact) mass is 469 g/mol. The van der Waals surface area contributed by atoms with Crippen LogP contribution < -0.4 is 0 Å². The Morgan fingerprint density at radius 1 is 1.09 bits per heavy atom. The first-order chi connectivity index (χ1) is 16.4. The molecule has 1 saturated heterocycles. The number of ketones is 1. The second kappa shape index (κ2) is 12.5. The van der Waals surface area contributed by atoms with Gasteiger partial charge in [0.05, 0.1) is 11.0 Å². The lowest BCUT2D eigenvalue weighted by molar-refractivity contribution is -0.138. The summed E-state index contributed by atoms with van der Waals surface area (Å²) in [4.78, 5) is 42.5. The Morgan fingerprint density at radius 3 is 2.44 bits per heavy atom. The van der Waals surface area contributed by atoms with Crippen LogP contribution in [0.5, 0.6) is 0 Å². The van der Waals surface area contributed by atoms with Gasteiger partial charge in [-0.15, -0.1) is 0 Å². The average molecular weight is 470 g/mol. The number of unbranched alkanes of at least 4 members (excludes halogenated alkanes) is 3.